The van der Waals surface area contributed by atoms with E-state index in [-0.39, 0.29) is 0 Å². The predicted octanol–water partition coefficient (Wildman–Crippen LogP) is 6.05. The van der Waals surface area contributed by atoms with Gasteiger partial charge in [-0.15, -0.1) is 0 Å². The van der Waals surface area contributed by atoms with Crippen LogP contribution in [0.4, 0.5) is 11.4 Å². The van der Waals surface area contributed by atoms with Crippen LogP contribution in [-0.4, -0.2) is 7.05 Å². The van der Waals surface area contributed by atoms with E-state index in [9.17, 15) is 0 Å². The molecule has 102 valence electrons. The molecule has 0 saturated carbocycles. The molecule has 0 aliphatic carbocycles. The lowest BCUT2D eigenvalue weighted by atomic mass is 10.3. The van der Waals surface area contributed by atoms with E-state index in [1.54, 1.807) is 0 Å². The third kappa shape index (κ3) is 5.85. The molecule has 6 heteroatoms. The number of rotatable bonds is 1. The van der Waals surface area contributed by atoms with E-state index in [2.05, 4.69) is 69.0 Å². The average molecular weight is 516 g/mol. The highest BCUT2D eigenvalue weighted by molar-refractivity contribution is 9.13. The van der Waals surface area contributed by atoms with Crippen LogP contribution < -0.4 is 11.1 Å². The van der Waals surface area contributed by atoms with Gasteiger partial charge in [-0.1, -0.05) is 0 Å². The van der Waals surface area contributed by atoms with E-state index < -0.39 is 0 Å². The lowest BCUT2D eigenvalue weighted by molar-refractivity contribution is 1.48. The maximum absolute atomic E-state index is 5.48. The zero-order valence-electron chi connectivity index (χ0n) is 10.1. The van der Waals surface area contributed by atoms with Crippen molar-refractivity contribution in [2.75, 3.05) is 18.1 Å². The van der Waals surface area contributed by atoms with Crippen LogP contribution in [0.1, 0.15) is 0 Å². The third-order valence-electron chi connectivity index (χ3n) is 2.15. The molecule has 2 aromatic carbocycles. The minimum Gasteiger partial charge on any atom is -0.399 e. The van der Waals surface area contributed by atoms with Crippen molar-refractivity contribution in [2.24, 2.45) is 0 Å². The van der Waals surface area contributed by atoms with Gasteiger partial charge in [0, 0.05) is 36.3 Å². The molecular weight excluding hydrogens is 504 g/mol. The normalized spacial score (nSPS) is 9.53. The van der Waals surface area contributed by atoms with Crippen LogP contribution in [0.2, 0.25) is 0 Å². The second-order valence-electron chi connectivity index (χ2n) is 3.55. The monoisotopic (exact) mass is 512 g/mol. The standard InChI is InChI=1S/C7H7Br2N.C6H5Br2N/c1-10-5-2-3-6(8)7(9)4-5;7-5-2-1-4(9)3-6(5)8/h2-4,10H,1H3;1-3H,9H2. The van der Waals surface area contributed by atoms with Gasteiger partial charge in [-0.05, 0) is 100 Å². The number of nitrogens with one attached hydrogen (secondary N) is 1. The molecular formula is C13H12Br4N2. The fraction of sp³-hybridized carbons (Fsp3) is 0.0769. The molecule has 0 heterocycles. The summed E-state index contributed by atoms with van der Waals surface area (Å²) in [5.41, 5.74) is 7.35. The van der Waals surface area contributed by atoms with E-state index in [1.807, 2.05) is 43.4 Å². The van der Waals surface area contributed by atoms with Crippen molar-refractivity contribution in [3.05, 3.63) is 54.3 Å². The van der Waals surface area contributed by atoms with Gasteiger partial charge in [0.15, 0.2) is 0 Å². The van der Waals surface area contributed by atoms with Gasteiger partial charge in [-0.25, -0.2) is 0 Å². The summed E-state index contributed by atoms with van der Waals surface area (Å²) < 4.78 is 4.16. The van der Waals surface area contributed by atoms with Gasteiger partial charge >= 0.3 is 0 Å². The molecule has 0 aliphatic rings. The predicted molar refractivity (Wildman–Crippen MR) is 97.6 cm³/mol. The van der Waals surface area contributed by atoms with Gasteiger partial charge in [0.2, 0.25) is 0 Å². The smallest absolute Gasteiger partial charge is 0.0349 e. The van der Waals surface area contributed by atoms with Crippen molar-refractivity contribution in [1.29, 1.82) is 0 Å². The maximum Gasteiger partial charge on any atom is 0.0349 e. The fourth-order valence-electron chi connectivity index (χ4n) is 1.16. The zero-order chi connectivity index (χ0) is 14.4. The van der Waals surface area contributed by atoms with Gasteiger partial charge in [0.1, 0.15) is 0 Å². The molecule has 0 aliphatic heterocycles. The largest absolute Gasteiger partial charge is 0.399 e. The first kappa shape index (κ1) is 17.0. The number of anilines is 2. The zero-order valence-corrected chi connectivity index (χ0v) is 16.4. The van der Waals surface area contributed by atoms with Crippen molar-refractivity contribution in [3.8, 4) is 0 Å². The van der Waals surface area contributed by atoms with Crippen LogP contribution in [-0.2, 0) is 0 Å². The quantitative estimate of drug-likeness (QED) is 0.454. The number of hydrogen-bond donors (Lipinski definition) is 2. The molecule has 2 aromatic rings. The second-order valence-corrected chi connectivity index (χ2v) is 6.97. The van der Waals surface area contributed by atoms with Crippen LogP contribution in [0, 0.1) is 0 Å². The minimum absolute atomic E-state index is 0.769. The first-order valence-electron chi connectivity index (χ1n) is 5.27. The van der Waals surface area contributed by atoms with Crippen LogP contribution in [0.25, 0.3) is 0 Å². The van der Waals surface area contributed by atoms with E-state index in [1.165, 1.54) is 0 Å². The fourth-order valence-corrected chi connectivity index (χ4v) is 2.43. The van der Waals surface area contributed by atoms with Crippen LogP contribution >= 0.6 is 63.7 Å². The third-order valence-corrected chi connectivity index (χ3v) is 5.91. The van der Waals surface area contributed by atoms with E-state index >= 15 is 0 Å². The summed E-state index contributed by atoms with van der Waals surface area (Å²) in [6.45, 7) is 0. The SMILES string of the molecule is CNc1ccc(Br)c(Br)c1.Nc1ccc(Br)c(Br)c1. The highest BCUT2D eigenvalue weighted by Gasteiger charge is 1.95. The average Bonchev–Trinajstić information content (AvgIpc) is 2.38. The van der Waals surface area contributed by atoms with Gasteiger partial charge in [0.05, 0.1) is 0 Å². The van der Waals surface area contributed by atoms with E-state index in [0.717, 1.165) is 29.3 Å². The van der Waals surface area contributed by atoms with Gasteiger partial charge in [-0.2, -0.15) is 0 Å². The molecule has 2 nitrogen and oxygen atoms in total. The Morgan fingerprint density at radius 1 is 0.789 bits per heavy atom. The van der Waals surface area contributed by atoms with Crippen LogP contribution in [0.15, 0.2) is 54.3 Å². The van der Waals surface area contributed by atoms with E-state index in [0.29, 0.717) is 0 Å². The number of benzene rings is 2. The molecule has 0 fully saturated rings. The maximum atomic E-state index is 5.48. The molecule has 2 rings (SSSR count). The summed E-state index contributed by atoms with van der Waals surface area (Å²) >= 11 is 13.4. The molecule has 0 atom stereocenters. The molecule has 0 radical (unpaired) electrons. The second kappa shape index (κ2) is 8.29. The molecule has 0 unspecified atom stereocenters. The molecule has 0 amide bonds. The molecule has 3 N–H and O–H groups in total. The van der Waals surface area contributed by atoms with Crippen LogP contribution in [0.3, 0.4) is 0 Å². The number of nitrogens with two attached hydrogens (primary N) is 1. The van der Waals surface area contributed by atoms with Crippen molar-refractivity contribution >= 4 is 75.1 Å². The summed E-state index contributed by atoms with van der Waals surface area (Å²) in [4.78, 5) is 0. The highest BCUT2D eigenvalue weighted by Crippen LogP contribution is 2.25. The Balaban J connectivity index is 0.000000191. The first-order valence-corrected chi connectivity index (χ1v) is 8.44. The van der Waals surface area contributed by atoms with Crippen molar-refractivity contribution < 1.29 is 0 Å². The summed E-state index contributed by atoms with van der Waals surface area (Å²) in [7, 11) is 1.90. The lowest BCUT2D eigenvalue weighted by Crippen LogP contribution is -1.86. The highest BCUT2D eigenvalue weighted by atomic mass is 79.9. The molecule has 0 spiro atoms. The Morgan fingerprint density at radius 2 is 1.32 bits per heavy atom. The molecule has 0 saturated heterocycles. The molecule has 19 heavy (non-hydrogen) atoms. The molecule has 0 bridgehead atoms. The number of halogens is 4. The van der Waals surface area contributed by atoms with Crippen LogP contribution in [0.5, 0.6) is 0 Å². The van der Waals surface area contributed by atoms with Crippen molar-refractivity contribution in [1.82, 2.24) is 0 Å². The first-order chi connectivity index (χ1) is 8.93. The van der Waals surface area contributed by atoms with Gasteiger partial charge < -0.3 is 11.1 Å². The summed E-state index contributed by atoms with van der Waals surface area (Å²) in [5, 5.41) is 3.04. The summed E-state index contributed by atoms with van der Waals surface area (Å²) in [5.74, 6) is 0. The molecule has 0 aromatic heterocycles. The summed E-state index contributed by atoms with van der Waals surface area (Å²) in [6, 6.07) is 11.6. The van der Waals surface area contributed by atoms with Crippen molar-refractivity contribution in [2.45, 2.75) is 0 Å². The Bertz CT molecular complexity index is 558. The Hall–Kier alpha value is -0.0400. The van der Waals surface area contributed by atoms with Crippen molar-refractivity contribution in [3.63, 3.8) is 0 Å². The Kier molecular flexibility index (Phi) is 7.42. The topological polar surface area (TPSA) is 38.0 Å². The number of nitrogen functional groups attached to an aromatic ring is 1. The van der Waals surface area contributed by atoms with E-state index in [4.69, 9.17) is 5.73 Å². The van der Waals surface area contributed by atoms with Gasteiger partial charge in [-0.3, -0.25) is 0 Å². The summed E-state index contributed by atoms with van der Waals surface area (Å²) in [6.07, 6.45) is 0. The minimum atomic E-state index is 0.769. The Morgan fingerprint density at radius 3 is 1.74 bits per heavy atom. The van der Waals surface area contributed by atoms with Gasteiger partial charge in [0.25, 0.3) is 0 Å². The Labute approximate surface area is 146 Å². The number of hydrogen-bond acceptors (Lipinski definition) is 2. The lowest BCUT2D eigenvalue weighted by Gasteiger charge is -2.00.